The van der Waals surface area contributed by atoms with Crippen LogP contribution in [0.25, 0.3) is 20.3 Å². The van der Waals surface area contributed by atoms with Crippen LogP contribution in [-0.2, 0) is 0 Å². The van der Waals surface area contributed by atoms with Gasteiger partial charge in [0.1, 0.15) is 18.1 Å². The lowest BCUT2D eigenvalue weighted by molar-refractivity contribution is 0.0990. The van der Waals surface area contributed by atoms with Gasteiger partial charge in [-0.1, -0.05) is 41.1 Å². The van der Waals surface area contributed by atoms with E-state index in [0.29, 0.717) is 40.5 Å². The highest BCUT2D eigenvalue weighted by molar-refractivity contribution is 7.23. The summed E-state index contributed by atoms with van der Waals surface area (Å²) in [6.45, 7) is 2.47. The van der Waals surface area contributed by atoms with Crippen molar-refractivity contribution >= 4 is 78.0 Å². The number of hydrogen-bond acceptors (Lipinski definition) is 7. The maximum Gasteiger partial charge on any atom is 0.271 e. The Morgan fingerprint density at radius 2 is 1.79 bits per heavy atom. The summed E-state index contributed by atoms with van der Waals surface area (Å²) in [5.41, 5.74) is 0.794. The molecule has 0 radical (unpaired) electrons. The number of fused-ring (bicyclic) bond motifs is 3. The first-order chi connectivity index (χ1) is 15.5. The normalized spacial score (nSPS) is 12.8. The molecule has 2 aromatic carbocycles. The molecule has 0 aliphatic carbocycles. The number of anilines is 1. The van der Waals surface area contributed by atoms with Gasteiger partial charge in [0.2, 0.25) is 0 Å². The second kappa shape index (κ2) is 10.0. The van der Waals surface area contributed by atoms with Gasteiger partial charge in [-0.05, 0) is 33.1 Å². The van der Waals surface area contributed by atoms with Crippen LogP contribution in [0.15, 0.2) is 36.4 Å². The van der Waals surface area contributed by atoms with Crippen LogP contribution >= 0.6 is 46.7 Å². The molecule has 10 heteroatoms. The summed E-state index contributed by atoms with van der Waals surface area (Å²) in [5.74, 6) is 1.29. The van der Waals surface area contributed by atoms with Crippen LogP contribution in [0, 0.1) is 0 Å². The van der Waals surface area contributed by atoms with Gasteiger partial charge >= 0.3 is 0 Å². The van der Waals surface area contributed by atoms with Crippen LogP contribution in [0.3, 0.4) is 0 Å². The Morgan fingerprint density at radius 3 is 2.52 bits per heavy atom. The number of ether oxygens (including phenoxy) is 2. The lowest BCUT2D eigenvalue weighted by Crippen LogP contribution is -2.33. The number of benzene rings is 2. The number of nitrogens with zero attached hydrogens (tertiary/aromatic N) is 3. The van der Waals surface area contributed by atoms with Crippen LogP contribution in [0.4, 0.5) is 5.13 Å². The fourth-order valence-corrected chi connectivity index (χ4v) is 6.13. The molecule has 0 saturated carbocycles. The summed E-state index contributed by atoms with van der Waals surface area (Å²) in [6.07, 6.45) is 0.819. The fourth-order valence-electron chi connectivity index (χ4n) is 3.67. The molecule has 174 valence electrons. The van der Waals surface area contributed by atoms with Crippen LogP contribution < -0.4 is 14.4 Å². The molecule has 5 rings (SSSR count). The molecule has 6 nitrogen and oxygen atoms in total. The molecule has 4 aromatic rings. The second-order valence-corrected chi connectivity index (χ2v) is 10.3. The lowest BCUT2D eigenvalue weighted by atomic mass is 10.2. The Bertz CT molecular complexity index is 1260. The monoisotopic (exact) mass is 523 g/mol. The van der Waals surface area contributed by atoms with Gasteiger partial charge in [-0.3, -0.25) is 9.69 Å². The molecule has 2 aromatic heterocycles. The van der Waals surface area contributed by atoms with Crippen LogP contribution in [-0.4, -0.2) is 56.2 Å². The van der Waals surface area contributed by atoms with Crippen molar-refractivity contribution in [1.82, 2.24) is 9.88 Å². The third-order valence-corrected chi connectivity index (χ3v) is 7.94. The number of halogens is 2. The molecular weight excluding hydrogens is 501 g/mol. The van der Waals surface area contributed by atoms with Crippen molar-refractivity contribution in [2.75, 3.05) is 45.3 Å². The zero-order valence-electron chi connectivity index (χ0n) is 18.2. The predicted molar refractivity (Wildman–Crippen MR) is 140 cm³/mol. The van der Waals surface area contributed by atoms with E-state index in [4.69, 9.17) is 26.1 Å². The lowest BCUT2D eigenvalue weighted by Gasteiger charge is -2.20. The standard InChI is InChI=1S/C23H22ClN3O3S2.ClH/c1-26(2)8-5-9-27(22(28)21-20(24)14-6-3-4-7-18(14)31-21)23-25-15-12-16-17(13-19(15)32-23)30-11-10-29-16;/h3-4,6-7,12-13H,5,8-11H2,1-2H3;1H. The maximum atomic E-state index is 13.7. The highest BCUT2D eigenvalue weighted by Crippen LogP contribution is 2.41. The van der Waals surface area contributed by atoms with Gasteiger partial charge < -0.3 is 14.4 Å². The largest absolute Gasteiger partial charge is 0.486 e. The summed E-state index contributed by atoms with van der Waals surface area (Å²) >= 11 is 9.54. The number of hydrogen-bond donors (Lipinski definition) is 0. The van der Waals surface area contributed by atoms with Gasteiger partial charge in [-0.2, -0.15) is 0 Å². The number of carbonyl (C=O) groups is 1. The zero-order valence-corrected chi connectivity index (χ0v) is 21.4. The first-order valence-corrected chi connectivity index (χ1v) is 12.4. The first-order valence-electron chi connectivity index (χ1n) is 10.3. The third-order valence-electron chi connectivity index (χ3n) is 5.23. The molecule has 1 aliphatic heterocycles. The minimum atomic E-state index is -0.119. The third kappa shape index (κ3) is 4.76. The molecule has 0 fully saturated rings. The summed E-state index contributed by atoms with van der Waals surface area (Å²) in [6, 6.07) is 11.7. The minimum absolute atomic E-state index is 0. The SMILES string of the molecule is CN(C)CCCN(C(=O)c1sc2ccccc2c1Cl)c1nc2cc3c(cc2s1)OCCO3.Cl. The number of aromatic nitrogens is 1. The number of carbonyl (C=O) groups excluding carboxylic acids is 1. The van der Waals surface area contributed by atoms with Crippen molar-refractivity contribution in [2.45, 2.75) is 6.42 Å². The van der Waals surface area contributed by atoms with Crippen LogP contribution in [0.5, 0.6) is 11.5 Å². The van der Waals surface area contributed by atoms with Crippen molar-refractivity contribution in [1.29, 1.82) is 0 Å². The van der Waals surface area contributed by atoms with Gasteiger partial charge in [0.25, 0.3) is 5.91 Å². The number of thiophene rings is 1. The predicted octanol–water partition coefficient (Wildman–Crippen LogP) is 5.96. The van der Waals surface area contributed by atoms with E-state index in [-0.39, 0.29) is 18.3 Å². The highest BCUT2D eigenvalue weighted by atomic mass is 35.5. The van der Waals surface area contributed by atoms with Gasteiger partial charge in [0.15, 0.2) is 16.6 Å². The van der Waals surface area contributed by atoms with E-state index in [1.54, 1.807) is 4.90 Å². The van der Waals surface area contributed by atoms with Gasteiger partial charge in [-0.15, -0.1) is 23.7 Å². The van der Waals surface area contributed by atoms with Crippen molar-refractivity contribution in [2.24, 2.45) is 0 Å². The Morgan fingerprint density at radius 1 is 1.06 bits per heavy atom. The molecule has 0 atom stereocenters. The summed E-state index contributed by atoms with van der Waals surface area (Å²) in [4.78, 5) is 22.9. The van der Waals surface area contributed by atoms with Crippen LogP contribution in [0.2, 0.25) is 5.02 Å². The Hall–Kier alpha value is -2.10. The highest BCUT2D eigenvalue weighted by Gasteiger charge is 2.26. The van der Waals surface area contributed by atoms with E-state index in [0.717, 1.165) is 39.0 Å². The van der Waals surface area contributed by atoms with Crippen molar-refractivity contribution in [3.05, 3.63) is 46.3 Å². The van der Waals surface area contributed by atoms with E-state index in [9.17, 15) is 4.79 Å². The summed E-state index contributed by atoms with van der Waals surface area (Å²) in [5, 5.41) is 2.06. The molecule has 1 aliphatic rings. The topological polar surface area (TPSA) is 54.9 Å². The van der Waals surface area contributed by atoms with Gasteiger partial charge in [-0.25, -0.2) is 4.98 Å². The average Bonchev–Trinajstić information content (AvgIpc) is 3.35. The number of rotatable bonds is 6. The molecule has 33 heavy (non-hydrogen) atoms. The molecular formula is C23H23Cl2N3O3S2. The number of thiazole rings is 1. The Balaban J connectivity index is 0.00000259. The first kappa shape index (κ1) is 24.0. The molecule has 0 bridgehead atoms. The van der Waals surface area contributed by atoms with Gasteiger partial charge in [0.05, 0.1) is 15.2 Å². The molecule has 0 unspecified atom stereocenters. The fraction of sp³-hybridized carbons (Fsp3) is 0.304. The zero-order chi connectivity index (χ0) is 22.2. The molecule has 0 saturated heterocycles. The average molecular weight is 524 g/mol. The molecule has 3 heterocycles. The number of amides is 1. The maximum absolute atomic E-state index is 13.7. The van der Waals surface area contributed by atoms with Crippen LogP contribution in [0.1, 0.15) is 16.1 Å². The van der Waals surface area contributed by atoms with E-state index in [1.807, 2.05) is 50.5 Å². The van der Waals surface area contributed by atoms with E-state index < -0.39 is 0 Å². The second-order valence-electron chi connectivity index (χ2n) is 7.81. The Labute approximate surface area is 211 Å². The van der Waals surface area contributed by atoms with Crippen molar-refractivity contribution < 1.29 is 14.3 Å². The van der Waals surface area contributed by atoms with E-state index in [2.05, 4.69) is 4.90 Å². The molecule has 0 spiro atoms. The minimum Gasteiger partial charge on any atom is -0.486 e. The quantitative estimate of drug-likeness (QED) is 0.312. The van der Waals surface area contributed by atoms with Crippen molar-refractivity contribution in [3.8, 4) is 11.5 Å². The molecule has 0 N–H and O–H groups in total. The molecule has 1 amide bonds. The van der Waals surface area contributed by atoms with Crippen molar-refractivity contribution in [3.63, 3.8) is 0 Å². The van der Waals surface area contributed by atoms with Gasteiger partial charge in [0, 0.05) is 28.8 Å². The summed E-state index contributed by atoms with van der Waals surface area (Å²) < 4.78 is 13.4. The van der Waals surface area contributed by atoms with E-state index >= 15 is 0 Å². The summed E-state index contributed by atoms with van der Waals surface area (Å²) in [7, 11) is 4.05. The smallest absolute Gasteiger partial charge is 0.271 e. The van der Waals surface area contributed by atoms with E-state index in [1.165, 1.54) is 22.7 Å². The Kier molecular flexibility index (Phi) is 7.31.